The van der Waals surface area contributed by atoms with Gasteiger partial charge in [0.15, 0.2) is 0 Å². The predicted octanol–water partition coefficient (Wildman–Crippen LogP) is 3.98. The van der Waals surface area contributed by atoms with Crippen LogP contribution >= 0.6 is 0 Å². The average molecular weight is 333 g/mol. The number of carbonyl (C=O) groups excluding carboxylic acids is 1. The highest BCUT2D eigenvalue weighted by Gasteiger charge is 2.19. The summed E-state index contributed by atoms with van der Waals surface area (Å²) in [6.07, 6.45) is 1.67. The van der Waals surface area contributed by atoms with Gasteiger partial charge in [-0.2, -0.15) is 5.10 Å². The molecule has 0 saturated carbocycles. The summed E-state index contributed by atoms with van der Waals surface area (Å²) >= 11 is 0. The first-order valence-corrected chi connectivity index (χ1v) is 8.58. The maximum atomic E-state index is 12.6. The third-order valence-electron chi connectivity index (χ3n) is 3.98. The summed E-state index contributed by atoms with van der Waals surface area (Å²) in [4.78, 5) is 12.6. The normalized spacial score (nSPS) is 10.8. The Balaban J connectivity index is 1.97. The van der Waals surface area contributed by atoms with E-state index in [0.29, 0.717) is 24.6 Å². The smallest absolute Gasteiger partial charge is 0.255 e. The number of benzene rings is 2. The molecule has 1 N–H and O–H groups in total. The van der Waals surface area contributed by atoms with Gasteiger partial charge in [-0.3, -0.25) is 9.48 Å². The maximum Gasteiger partial charge on any atom is 0.255 e. The fourth-order valence-electron chi connectivity index (χ4n) is 2.72. The Morgan fingerprint density at radius 1 is 1.04 bits per heavy atom. The molecule has 2 aromatic carbocycles. The van der Waals surface area contributed by atoms with Crippen LogP contribution in [0.25, 0.3) is 11.3 Å². The summed E-state index contributed by atoms with van der Waals surface area (Å²) in [5, 5.41) is 7.49. The van der Waals surface area contributed by atoms with Gasteiger partial charge in [-0.1, -0.05) is 74.5 Å². The van der Waals surface area contributed by atoms with E-state index < -0.39 is 0 Å². The summed E-state index contributed by atoms with van der Waals surface area (Å²) in [6, 6.07) is 20.1. The first kappa shape index (κ1) is 17.0. The molecule has 1 aromatic heterocycles. The second kappa shape index (κ2) is 7.79. The molecule has 0 aliphatic heterocycles. The molecule has 0 spiro atoms. The molecule has 0 aliphatic carbocycles. The van der Waals surface area contributed by atoms with Crippen LogP contribution in [0.2, 0.25) is 0 Å². The van der Waals surface area contributed by atoms with Crippen LogP contribution in [0.4, 0.5) is 0 Å². The van der Waals surface area contributed by atoms with Crippen LogP contribution in [-0.2, 0) is 6.54 Å². The second-order valence-corrected chi connectivity index (χ2v) is 6.52. The highest BCUT2D eigenvalue weighted by Crippen LogP contribution is 2.24. The molecule has 0 atom stereocenters. The molecule has 4 heteroatoms. The van der Waals surface area contributed by atoms with Crippen LogP contribution in [0.15, 0.2) is 66.9 Å². The standard InChI is InChI=1S/C21H23N3O/c1-16(2)13-22-21(25)19-14-23-24(15-17-9-5-3-6-10-17)20(19)18-11-7-4-8-12-18/h3-12,14,16H,13,15H2,1-2H3,(H,22,25). The van der Waals surface area contributed by atoms with Crippen molar-refractivity contribution in [2.45, 2.75) is 20.4 Å². The number of hydrogen-bond acceptors (Lipinski definition) is 2. The SMILES string of the molecule is CC(C)CNC(=O)c1cnn(Cc2ccccc2)c1-c1ccccc1. The zero-order chi connectivity index (χ0) is 17.6. The van der Waals surface area contributed by atoms with E-state index in [9.17, 15) is 4.79 Å². The largest absolute Gasteiger partial charge is 0.352 e. The van der Waals surface area contributed by atoms with Gasteiger partial charge in [0.2, 0.25) is 0 Å². The number of carbonyl (C=O) groups is 1. The van der Waals surface area contributed by atoms with Crippen molar-refractivity contribution in [3.05, 3.63) is 78.0 Å². The van der Waals surface area contributed by atoms with Gasteiger partial charge in [-0.05, 0) is 11.5 Å². The van der Waals surface area contributed by atoms with Gasteiger partial charge in [-0.15, -0.1) is 0 Å². The Morgan fingerprint density at radius 3 is 2.32 bits per heavy atom. The minimum atomic E-state index is -0.0770. The Bertz CT molecular complexity index is 823. The lowest BCUT2D eigenvalue weighted by Gasteiger charge is -2.11. The molecular weight excluding hydrogens is 310 g/mol. The number of nitrogens with zero attached hydrogens (tertiary/aromatic N) is 2. The van der Waals surface area contributed by atoms with Crippen molar-refractivity contribution < 1.29 is 4.79 Å². The number of nitrogens with one attached hydrogen (secondary N) is 1. The molecule has 1 heterocycles. The molecule has 3 aromatic rings. The maximum absolute atomic E-state index is 12.6. The molecule has 3 rings (SSSR count). The zero-order valence-electron chi connectivity index (χ0n) is 14.6. The Hall–Kier alpha value is -2.88. The lowest BCUT2D eigenvalue weighted by Crippen LogP contribution is -2.27. The lowest BCUT2D eigenvalue weighted by atomic mass is 10.1. The zero-order valence-corrected chi connectivity index (χ0v) is 14.6. The third-order valence-corrected chi connectivity index (χ3v) is 3.98. The van der Waals surface area contributed by atoms with Gasteiger partial charge in [0, 0.05) is 12.1 Å². The van der Waals surface area contributed by atoms with Crippen LogP contribution in [0, 0.1) is 5.92 Å². The molecule has 4 nitrogen and oxygen atoms in total. The van der Waals surface area contributed by atoms with Crippen molar-refractivity contribution in [2.24, 2.45) is 5.92 Å². The minimum Gasteiger partial charge on any atom is -0.352 e. The monoisotopic (exact) mass is 333 g/mol. The summed E-state index contributed by atoms with van der Waals surface area (Å²) in [5.74, 6) is 0.329. The van der Waals surface area contributed by atoms with E-state index >= 15 is 0 Å². The van der Waals surface area contributed by atoms with Crippen molar-refractivity contribution in [1.29, 1.82) is 0 Å². The molecule has 0 saturated heterocycles. The van der Waals surface area contributed by atoms with Gasteiger partial charge in [0.05, 0.1) is 24.0 Å². The van der Waals surface area contributed by atoms with Gasteiger partial charge < -0.3 is 5.32 Å². The van der Waals surface area contributed by atoms with Crippen LogP contribution < -0.4 is 5.32 Å². The third kappa shape index (κ3) is 4.15. The molecule has 25 heavy (non-hydrogen) atoms. The molecule has 0 unspecified atom stereocenters. The molecule has 0 fully saturated rings. The van der Waals surface area contributed by atoms with Crippen LogP contribution in [0.5, 0.6) is 0 Å². The molecule has 0 bridgehead atoms. The van der Waals surface area contributed by atoms with Crippen molar-refractivity contribution in [3.63, 3.8) is 0 Å². The highest BCUT2D eigenvalue weighted by atomic mass is 16.1. The first-order valence-electron chi connectivity index (χ1n) is 8.58. The topological polar surface area (TPSA) is 46.9 Å². The summed E-state index contributed by atoms with van der Waals surface area (Å²) < 4.78 is 1.90. The Morgan fingerprint density at radius 2 is 1.68 bits per heavy atom. The number of amides is 1. The summed E-state index contributed by atoms with van der Waals surface area (Å²) in [6.45, 7) is 5.44. The van der Waals surface area contributed by atoms with E-state index in [2.05, 4.69) is 36.4 Å². The number of aromatic nitrogens is 2. The van der Waals surface area contributed by atoms with Gasteiger partial charge in [-0.25, -0.2) is 0 Å². The van der Waals surface area contributed by atoms with E-state index in [1.54, 1.807) is 6.20 Å². The van der Waals surface area contributed by atoms with E-state index in [4.69, 9.17) is 0 Å². The van der Waals surface area contributed by atoms with E-state index in [1.807, 2.05) is 53.2 Å². The minimum absolute atomic E-state index is 0.0770. The predicted molar refractivity (Wildman–Crippen MR) is 100 cm³/mol. The van der Waals surface area contributed by atoms with Crippen molar-refractivity contribution in [3.8, 4) is 11.3 Å². The van der Waals surface area contributed by atoms with Gasteiger partial charge in [0.1, 0.15) is 0 Å². The Labute approximate surface area is 148 Å². The van der Waals surface area contributed by atoms with E-state index in [0.717, 1.165) is 16.8 Å². The molecule has 0 radical (unpaired) electrons. The quantitative estimate of drug-likeness (QED) is 0.741. The molecule has 0 aliphatic rings. The highest BCUT2D eigenvalue weighted by molar-refractivity contribution is 5.99. The van der Waals surface area contributed by atoms with Gasteiger partial charge >= 0.3 is 0 Å². The summed E-state index contributed by atoms with van der Waals surface area (Å²) in [5.41, 5.74) is 3.61. The van der Waals surface area contributed by atoms with E-state index in [1.165, 1.54) is 0 Å². The van der Waals surface area contributed by atoms with Crippen LogP contribution in [-0.4, -0.2) is 22.2 Å². The van der Waals surface area contributed by atoms with Crippen molar-refractivity contribution in [2.75, 3.05) is 6.54 Å². The number of rotatable bonds is 6. The van der Waals surface area contributed by atoms with Crippen molar-refractivity contribution >= 4 is 5.91 Å². The lowest BCUT2D eigenvalue weighted by molar-refractivity contribution is 0.0949. The fraction of sp³-hybridized carbons (Fsp3) is 0.238. The first-order chi connectivity index (χ1) is 12.1. The molecule has 1 amide bonds. The molecule has 128 valence electrons. The van der Waals surface area contributed by atoms with Crippen LogP contribution in [0.1, 0.15) is 29.8 Å². The fourth-order valence-corrected chi connectivity index (χ4v) is 2.72. The average Bonchev–Trinajstić information content (AvgIpc) is 3.05. The number of hydrogen-bond donors (Lipinski definition) is 1. The van der Waals surface area contributed by atoms with Gasteiger partial charge in [0.25, 0.3) is 5.91 Å². The molecular formula is C21H23N3O. The summed E-state index contributed by atoms with van der Waals surface area (Å²) in [7, 11) is 0. The van der Waals surface area contributed by atoms with E-state index in [-0.39, 0.29) is 5.91 Å². The Kier molecular flexibility index (Phi) is 5.29. The second-order valence-electron chi connectivity index (χ2n) is 6.52. The van der Waals surface area contributed by atoms with Crippen molar-refractivity contribution in [1.82, 2.24) is 15.1 Å². The van der Waals surface area contributed by atoms with Crippen LogP contribution in [0.3, 0.4) is 0 Å².